The van der Waals surface area contributed by atoms with Gasteiger partial charge < -0.3 is 27.1 Å². The van der Waals surface area contributed by atoms with Gasteiger partial charge in [0.25, 0.3) is 0 Å². The van der Waals surface area contributed by atoms with Crippen LogP contribution in [0.25, 0.3) is 10.9 Å². The van der Waals surface area contributed by atoms with Crippen LogP contribution in [0.1, 0.15) is 30.4 Å². The number of guanidine groups is 1. The Morgan fingerprint density at radius 2 is 1.76 bits per heavy atom. The number of benzene rings is 2. The minimum atomic E-state index is -0.670. The van der Waals surface area contributed by atoms with Crippen molar-refractivity contribution in [1.82, 2.24) is 15.6 Å². The van der Waals surface area contributed by atoms with Crippen LogP contribution in [0, 0.1) is 0 Å². The highest BCUT2D eigenvalue weighted by molar-refractivity contribution is 5.89. The van der Waals surface area contributed by atoms with E-state index in [4.69, 9.17) is 11.5 Å². The molecule has 3 rings (SSSR count). The number of H-pyrrole nitrogens is 1. The lowest BCUT2D eigenvalue weighted by molar-refractivity contribution is -0.129. The zero-order chi connectivity index (χ0) is 23.5. The van der Waals surface area contributed by atoms with E-state index >= 15 is 0 Å². The smallest absolute Gasteiger partial charge is 0.242 e. The van der Waals surface area contributed by atoms with Gasteiger partial charge in [0.2, 0.25) is 11.8 Å². The van der Waals surface area contributed by atoms with Crippen molar-refractivity contribution in [1.29, 1.82) is 0 Å². The first-order valence-corrected chi connectivity index (χ1v) is 11.2. The van der Waals surface area contributed by atoms with Gasteiger partial charge in [-0.2, -0.15) is 0 Å². The van der Waals surface area contributed by atoms with E-state index < -0.39 is 6.04 Å². The monoisotopic (exact) mass is 448 g/mol. The number of carbonyl (C=O) groups is 2. The van der Waals surface area contributed by atoms with E-state index in [2.05, 4.69) is 32.7 Å². The molecule has 2 aromatic carbocycles. The summed E-state index contributed by atoms with van der Waals surface area (Å²) in [7, 11) is 0. The lowest BCUT2D eigenvalue weighted by Gasteiger charge is -2.18. The highest BCUT2D eigenvalue weighted by Gasteiger charge is 2.22. The van der Waals surface area contributed by atoms with Gasteiger partial charge in [0.1, 0.15) is 6.04 Å². The fourth-order valence-electron chi connectivity index (χ4n) is 3.72. The van der Waals surface area contributed by atoms with Gasteiger partial charge in [-0.15, -0.1) is 0 Å². The summed E-state index contributed by atoms with van der Waals surface area (Å²) in [6, 6.07) is 17.4. The third-order valence-corrected chi connectivity index (χ3v) is 5.39. The van der Waals surface area contributed by atoms with Crippen LogP contribution in [0.4, 0.5) is 0 Å². The Labute approximate surface area is 193 Å². The molecule has 7 N–H and O–H groups in total. The number of aromatic nitrogens is 1. The summed E-state index contributed by atoms with van der Waals surface area (Å²) < 4.78 is 0. The molecule has 1 atom stereocenters. The van der Waals surface area contributed by atoms with E-state index in [1.807, 2.05) is 48.7 Å². The molecule has 2 amide bonds. The average Bonchev–Trinajstić information content (AvgIpc) is 3.22. The van der Waals surface area contributed by atoms with E-state index in [1.165, 1.54) is 5.56 Å². The lowest BCUT2D eigenvalue weighted by Crippen LogP contribution is -2.48. The van der Waals surface area contributed by atoms with Crippen LogP contribution in [0.15, 0.2) is 65.8 Å². The number of nitrogens with two attached hydrogens (primary N) is 2. The van der Waals surface area contributed by atoms with Crippen LogP contribution in [-0.4, -0.2) is 41.9 Å². The molecule has 0 radical (unpaired) electrons. The zero-order valence-electron chi connectivity index (χ0n) is 18.7. The molecule has 33 heavy (non-hydrogen) atoms. The normalized spacial score (nSPS) is 11.6. The van der Waals surface area contributed by atoms with Crippen molar-refractivity contribution in [3.05, 3.63) is 71.9 Å². The predicted octanol–water partition coefficient (Wildman–Crippen LogP) is 2.00. The molecule has 0 aliphatic carbocycles. The molecule has 3 aromatic rings. The molecular formula is C25H32N6O2. The standard InChI is InChI=1S/C25H32N6O2/c26-25(27)29-15-7-13-23(32)31-22(16-19-17-30-21-12-5-4-11-20(19)21)24(33)28-14-6-10-18-8-2-1-3-9-18/h1-5,8-9,11-12,17,22,30H,6-7,10,13-16H2,(H,28,33)(H,31,32)(H4,26,27,29). The summed E-state index contributed by atoms with van der Waals surface area (Å²) in [5, 5.41) is 6.92. The van der Waals surface area contributed by atoms with Crippen LogP contribution >= 0.6 is 0 Å². The summed E-state index contributed by atoms with van der Waals surface area (Å²) in [5.74, 6) is -0.390. The van der Waals surface area contributed by atoms with Gasteiger partial charge in [0.05, 0.1) is 0 Å². The maximum Gasteiger partial charge on any atom is 0.242 e. The Hall–Kier alpha value is -3.81. The largest absolute Gasteiger partial charge is 0.370 e. The van der Waals surface area contributed by atoms with Gasteiger partial charge >= 0.3 is 0 Å². The number of hydrogen-bond donors (Lipinski definition) is 5. The van der Waals surface area contributed by atoms with Crippen LogP contribution in [0.3, 0.4) is 0 Å². The topological polar surface area (TPSA) is 138 Å². The molecule has 1 unspecified atom stereocenters. The second-order valence-electron chi connectivity index (χ2n) is 7.97. The van der Waals surface area contributed by atoms with E-state index in [1.54, 1.807) is 0 Å². The van der Waals surface area contributed by atoms with Gasteiger partial charge in [-0.3, -0.25) is 14.6 Å². The number of hydrogen-bond acceptors (Lipinski definition) is 3. The first kappa shape index (κ1) is 23.8. The second-order valence-corrected chi connectivity index (χ2v) is 7.97. The second kappa shape index (κ2) is 12.3. The number of carbonyl (C=O) groups excluding carboxylic acids is 2. The van der Waals surface area contributed by atoms with Crippen molar-refractivity contribution in [2.75, 3.05) is 13.1 Å². The highest BCUT2D eigenvalue weighted by Crippen LogP contribution is 2.19. The summed E-state index contributed by atoms with van der Waals surface area (Å²) in [6.45, 7) is 0.910. The first-order valence-electron chi connectivity index (χ1n) is 11.2. The Balaban J connectivity index is 1.59. The molecule has 0 aliphatic heterocycles. The molecule has 0 saturated carbocycles. The van der Waals surface area contributed by atoms with Gasteiger partial charge in [0.15, 0.2) is 5.96 Å². The van der Waals surface area contributed by atoms with Gasteiger partial charge in [-0.1, -0.05) is 48.5 Å². The van der Waals surface area contributed by atoms with Crippen molar-refractivity contribution in [3.8, 4) is 0 Å². The molecule has 1 aromatic heterocycles. The quantitative estimate of drug-likeness (QED) is 0.164. The Morgan fingerprint density at radius 1 is 1.00 bits per heavy atom. The van der Waals surface area contributed by atoms with Crippen LogP contribution in [-0.2, 0) is 22.4 Å². The Morgan fingerprint density at radius 3 is 2.55 bits per heavy atom. The molecule has 8 heteroatoms. The van der Waals surface area contributed by atoms with Gasteiger partial charge in [-0.05, 0) is 36.5 Å². The number of para-hydroxylation sites is 1. The van der Waals surface area contributed by atoms with Gasteiger partial charge in [-0.25, -0.2) is 0 Å². The number of fused-ring (bicyclic) bond motifs is 1. The summed E-state index contributed by atoms with van der Waals surface area (Å²) in [5.41, 5.74) is 13.8. The Kier molecular flexibility index (Phi) is 8.88. The fraction of sp³-hybridized carbons (Fsp3) is 0.320. The number of nitrogens with one attached hydrogen (secondary N) is 3. The van der Waals surface area contributed by atoms with Gasteiger partial charge in [0, 0.05) is 43.0 Å². The third kappa shape index (κ3) is 7.68. The molecular weight excluding hydrogens is 416 g/mol. The molecule has 8 nitrogen and oxygen atoms in total. The SMILES string of the molecule is NC(N)=NCCCC(=O)NC(Cc1c[nH]c2ccccc12)C(=O)NCCCc1ccccc1. The van der Waals surface area contributed by atoms with E-state index in [9.17, 15) is 9.59 Å². The molecule has 0 spiro atoms. The minimum Gasteiger partial charge on any atom is -0.370 e. The zero-order valence-corrected chi connectivity index (χ0v) is 18.7. The number of nitrogens with zero attached hydrogens (tertiary/aromatic N) is 1. The maximum absolute atomic E-state index is 13.0. The molecule has 0 saturated heterocycles. The number of rotatable bonds is 12. The van der Waals surface area contributed by atoms with Crippen molar-refractivity contribution < 1.29 is 9.59 Å². The minimum absolute atomic E-state index is 0.00232. The van der Waals surface area contributed by atoms with E-state index in [-0.39, 0.29) is 24.2 Å². The number of aliphatic imine (C=N–C) groups is 1. The van der Waals surface area contributed by atoms with Crippen LogP contribution < -0.4 is 22.1 Å². The van der Waals surface area contributed by atoms with Crippen LogP contribution in [0.5, 0.6) is 0 Å². The predicted molar refractivity (Wildman–Crippen MR) is 132 cm³/mol. The number of amides is 2. The summed E-state index contributed by atoms with van der Waals surface area (Å²) in [4.78, 5) is 32.6. The Bertz CT molecular complexity index is 1070. The van der Waals surface area contributed by atoms with Crippen molar-refractivity contribution in [2.45, 2.75) is 38.1 Å². The van der Waals surface area contributed by atoms with Crippen molar-refractivity contribution >= 4 is 28.7 Å². The lowest BCUT2D eigenvalue weighted by atomic mass is 10.0. The van der Waals surface area contributed by atoms with Crippen molar-refractivity contribution in [3.63, 3.8) is 0 Å². The van der Waals surface area contributed by atoms with Crippen molar-refractivity contribution in [2.24, 2.45) is 16.5 Å². The molecule has 174 valence electrons. The first-order chi connectivity index (χ1) is 16.0. The number of aromatic amines is 1. The average molecular weight is 449 g/mol. The molecule has 0 aliphatic rings. The number of aryl methyl sites for hydroxylation is 1. The molecule has 1 heterocycles. The summed E-state index contributed by atoms with van der Waals surface area (Å²) in [6.07, 6.45) is 4.73. The molecule has 0 bridgehead atoms. The van der Waals surface area contributed by atoms with E-state index in [0.717, 1.165) is 29.3 Å². The van der Waals surface area contributed by atoms with E-state index in [0.29, 0.717) is 25.9 Å². The highest BCUT2D eigenvalue weighted by atomic mass is 16.2. The summed E-state index contributed by atoms with van der Waals surface area (Å²) >= 11 is 0. The van der Waals surface area contributed by atoms with Crippen LogP contribution in [0.2, 0.25) is 0 Å². The fourth-order valence-corrected chi connectivity index (χ4v) is 3.72. The maximum atomic E-state index is 13.0. The molecule has 0 fully saturated rings. The third-order valence-electron chi connectivity index (χ3n) is 5.39.